The van der Waals surface area contributed by atoms with Gasteiger partial charge in [-0.3, -0.25) is 4.98 Å². The molecule has 0 amide bonds. The van der Waals surface area contributed by atoms with Crippen LogP contribution in [0.25, 0.3) is 5.52 Å². The fourth-order valence-electron chi connectivity index (χ4n) is 1.51. The molecule has 0 atom stereocenters. The number of fused-ring (bicyclic) bond motifs is 1. The summed E-state index contributed by atoms with van der Waals surface area (Å²) in [5.41, 5.74) is 3.28. The zero-order valence-corrected chi connectivity index (χ0v) is 9.73. The van der Waals surface area contributed by atoms with Gasteiger partial charge in [0.2, 0.25) is 0 Å². The topological polar surface area (TPSA) is 30.2 Å². The average Bonchev–Trinajstić information content (AvgIpc) is 2.59. The molecule has 0 aliphatic rings. The van der Waals surface area contributed by atoms with E-state index < -0.39 is 0 Å². The van der Waals surface area contributed by atoms with Gasteiger partial charge in [0.1, 0.15) is 0 Å². The second kappa shape index (κ2) is 3.65. The molecule has 0 spiro atoms. The van der Waals surface area contributed by atoms with E-state index in [0.717, 1.165) is 16.9 Å². The van der Waals surface area contributed by atoms with E-state index in [1.165, 1.54) is 0 Å². The standard InChI is InChI=1S/C12H17N3/c1-8(2)11-5-10-6-13-12(9(3)4)7-15(10)14-11/h5-9H,1-4H3. The van der Waals surface area contributed by atoms with Crippen LogP contribution in [0.5, 0.6) is 0 Å². The predicted molar refractivity (Wildman–Crippen MR) is 61.2 cm³/mol. The number of hydrogen-bond donors (Lipinski definition) is 0. The molecule has 2 heterocycles. The minimum absolute atomic E-state index is 0.445. The third kappa shape index (κ3) is 1.87. The van der Waals surface area contributed by atoms with E-state index in [9.17, 15) is 0 Å². The fraction of sp³-hybridized carbons (Fsp3) is 0.500. The van der Waals surface area contributed by atoms with Crippen LogP contribution < -0.4 is 0 Å². The highest BCUT2D eigenvalue weighted by atomic mass is 15.2. The van der Waals surface area contributed by atoms with Gasteiger partial charge in [0.05, 0.1) is 29.3 Å². The van der Waals surface area contributed by atoms with Crippen LogP contribution in [0.3, 0.4) is 0 Å². The van der Waals surface area contributed by atoms with Gasteiger partial charge in [-0.05, 0) is 17.9 Å². The summed E-state index contributed by atoms with van der Waals surface area (Å²) in [7, 11) is 0. The van der Waals surface area contributed by atoms with E-state index in [2.05, 4.69) is 43.8 Å². The second-order valence-electron chi connectivity index (χ2n) is 4.56. The maximum absolute atomic E-state index is 4.53. The summed E-state index contributed by atoms with van der Waals surface area (Å²) in [6.07, 6.45) is 3.92. The number of rotatable bonds is 2. The smallest absolute Gasteiger partial charge is 0.0848 e. The van der Waals surface area contributed by atoms with Gasteiger partial charge in [-0.1, -0.05) is 27.7 Å². The van der Waals surface area contributed by atoms with Crippen LogP contribution in [0.4, 0.5) is 0 Å². The molecule has 0 N–H and O–H groups in total. The molecule has 3 heteroatoms. The lowest BCUT2D eigenvalue weighted by molar-refractivity contribution is 0.762. The molecule has 0 unspecified atom stereocenters. The predicted octanol–water partition coefficient (Wildman–Crippen LogP) is 2.98. The molecule has 0 aliphatic carbocycles. The molecule has 2 rings (SSSR count). The SMILES string of the molecule is CC(C)c1cn2nc(C(C)C)cc2cn1. The first-order chi connectivity index (χ1) is 7.08. The third-order valence-electron chi connectivity index (χ3n) is 2.57. The number of hydrogen-bond acceptors (Lipinski definition) is 2. The monoisotopic (exact) mass is 203 g/mol. The fourth-order valence-corrected chi connectivity index (χ4v) is 1.51. The Morgan fingerprint density at radius 2 is 1.73 bits per heavy atom. The summed E-state index contributed by atoms with van der Waals surface area (Å²) >= 11 is 0. The van der Waals surface area contributed by atoms with Crippen LogP contribution in [-0.2, 0) is 0 Å². The van der Waals surface area contributed by atoms with Gasteiger partial charge in [-0.25, -0.2) is 4.52 Å². The van der Waals surface area contributed by atoms with Gasteiger partial charge in [0, 0.05) is 0 Å². The van der Waals surface area contributed by atoms with E-state index >= 15 is 0 Å². The molecular formula is C12H17N3. The van der Waals surface area contributed by atoms with Gasteiger partial charge in [-0.2, -0.15) is 5.10 Å². The van der Waals surface area contributed by atoms with Gasteiger partial charge in [0.15, 0.2) is 0 Å². The minimum atomic E-state index is 0.445. The van der Waals surface area contributed by atoms with E-state index in [1.54, 1.807) is 0 Å². The Morgan fingerprint density at radius 3 is 2.33 bits per heavy atom. The summed E-state index contributed by atoms with van der Waals surface area (Å²) in [4.78, 5) is 4.42. The number of nitrogens with zero attached hydrogens (tertiary/aromatic N) is 3. The Labute approximate surface area is 90.1 Å². The first kappa shape index (κ1) is 10.1. The van der Waals surface area contributed by atoms with Crippen molar-refractivity contribution >= 4 is 5.52 Å². The highest BCUT2D eigenvalue weighted by Gasteiger charge is 2.07. The van der Waals surface area contributed by atoms with Crippen molar-refractivity contribution in [3.8, 4) is 0 Å². The van der Waals surface area contributed by atoms with Crippen LogP contribution in [0, 0.1) is 0 Å². The Bertz CT molecular complexity index is 463. The normalized spacial score (nSPS) is 11.9. The van der Waals surface area contributed by atoms with Gasteiger partial charge < -0.3 is 0 Å². The molecule has 0 aromatic carbocycles. The Hall–Kier alpha value is -1.38. The quantitative estimate of drug-likeness (QED) is 0.751. The molecule has 0 radical (unpaired) electrons. The van der Waals surface area contributed by atoms with Crippen molar-refractivity contribution in [2.24, 2.45) is 0 Å². The summed E-state index contributed by atoms with van der Waals surface area (Å²) in [5.74, 6) is 0.911. The van der Waals surface area contributed by atoms with E-state index in [-0.39, 0.29) is 0 Å². The van der Waals surface area contributed by atoms with Crippen molar-refractivity contribution < 1.29 is 0 Å². The highest BCUT2D eigenvalue weighted by Crippen LogP contribution is 2.17. The molecule has 0 aliphatic heterocycles. The van der Waals surface area contributed by atoms with E-state index in [4.69, 9.17) is 0 Å². The van der Waals surface area contributed by atoms with E-state index in [1.807, 2.05) is 16.9 Å². The van der Waals surface area contributed by atoms with Crippen molar-refractivity contribution in [3.63, 3.8) is 0 Å². The van der Waals surface area contributed by atoms with Crippen LogP contribution >= 0.6 is 0 Å². The number of aromatic nitrogens is 3. The lowest BCUT2D eigenvalue weighted by atomic mass is 10.1. The Kier molecular flexibility index (Phi) is 2.47. The summed E-state index contributed by atoms with van der Waals surface area (Å²) in [5, 5.41) is 4.53. The van der Waals surface area contributed by atoms with E-state index in [0.29, 0.717) is 11.8 Å². The molecular weight excluding hydrogens is 186 g/mol. The molecule has 0 saturated heterocycles. The van der Waals surface area contributed by atoms with Crippen molar-refractivity contribution in [3.05, 3.63) is 29.8 Å². The minimum Gasteiger partial charge on any atom is -0.257 e. The zero-order chi connectivity index (χ0) is 11.0. The van der Waals surface area contributed by atoms with Crippen molar-refractivity contribution in [1.29, 1.82) is 0 Å². The maximum atomic E-state index is 4.53. The highest BCUT2D eigenvalue weighted by molar-refractivity contribution is 5.46. The van der Waals surface area contributed by atoms with Gasteiger partial charge in [0.25, 0.3) is 0 Å². The van der Waals surface area contributed by atoms with Crippen LogP contribution in [0.1, 0.15) is 50.9 Å². The Balaban J connectivity index is 2.52. The molecule has 3 nitrogen and oxygen atoms in total. The first-order valence-electron chi connectivity index (χ1n) is 5.43. The summed E-state index contributed by atoms with van der Waals surface area (Å²) in [6, 6.07) is 2.10. The second-order valence-corrected chi connectivity index (χ2v) is 4.56. The lowest BCUT2D eigenvalue weighted by Gasteiger charge is -2.03. The van der Waals surface area contributed by atoms with Crippen molar-refractivity contribution in [1.82, 2.24) is 14.6 Å². The molecule has 80 valence electrons. The van der Waals surface area contributed by atoms with Crippen molar-refractivity contribution in [2.75, 3.05) is 0 Å². The maximum Gasteiger partial charge on any atom is 0.0848 e. The molecule has 0 fully saturated rings. The largest absolute Gasteiger partial charge is 0.257 e. The molecule has 0 saturated carbocycles. The first-order valence-corrected chi connectivity index (χ1v) is 5.43. The molecule has 2 aromatic rings. The molecule has 0 bridgehead atoms. The van der Waals surface area contributed by atoms with Gasteiger partial charge >= 0.3 is 0 Å². The van der Waals surface area contributed by atoms with Crippen LogP contribution in [-0.4, -0.2) is 14.6 Å². The Morgan fingerprint density at radius 1 is 1.07 bits per heavy atom. The lowest BCUT2D eigenvalue weighted by Crippen LogP contribution is -1.97. The zero-order valence-electron chi connectivity index (χ0n) is 9.73. The molecule has 15 heavy (non-hydrogen) atoms. The van der Waals surface area contributed by atoms with Gasteiger partial charge in [-0.15, -0.1) is 0 Å². The van der Waals surface area contributed by atoms with Crippen molar-refractivity contribution in [2.45, 2.75) is 39.5 Å². The van der Waals surface area contributed by atoms with Crippen LogP contribution in [0.15, 0.2) is 18.5 Å². The third-order valence-corrected chi connectivity index (χ3v) is 2.57. The average molecular weight is 203 g/mol. The summed E-state index contributed by atoms with van der Waals surface area (Å²) < 4.78 is 1.93. The summed E-state index contributed by atoms with van der Waals surface area (Å²) in [6.45, 7) is 8.58. The molecule has 2 aromatic heterocycles. The van der Waals surface area contributed by atoms with Crippen LogP contribution in [0.2, 0.25) is 0 Å².